The molecule has 1 aromatic rings. The van der Waals surface area contributed by atoms with E-state index in [2.05, 4.69) is 28.2 Å². The van der Waals surface area contributed by atoms with E-state index >= 15 is 0 Å². The van der Waals surface area contributed by atoms with Gasteiger partial charge >= 0.3 is 0 Å². The largest absolute Gasteiger partial charge is 0.364 e. The van der Waals surface area contributed by atoms with Crippen LogP contribution in [0.25, 0.3) is 0 Å². The first-order valence-electron chi connectivity index (χ1n) is 6.78. The Morgan fingerprint density at radius 1 is 1.47 bits per heavy atom. The van der Waals surface area contributed by atoms with E-state index in [-0.39, 0.29) is 17.2 Å². The van der Waals surface area contributed by atoms with Gasteiger partial charge in [0.1, 0.15) is 12.0 Å². The van der Waals surface area contributed by atoms with Crippen molar-refractivity contribution in [2.75, 3.05) is 0 Å². The van der Waals surface area contributed by atoms with Crippen LogP contribution in [-0.2, 0) is 15.8 Å². The van der Waals surface area contributed by atoms with Crippen LogP contribution in [-0.4, -0.2) is 19.6 Å². The Bertz CT molecular complexity index is 548. The predicted octanol–water partition coefficient (Wildman–Crippen LogP) is 1.92. The molecule has 0 spiro atoms. The first-order valence-corrected chi connectivity index (χ1v) is 8.43. The maximum Gasteiger partial charge on any atom is 0.217 e. The first kappa shape index (κ1) is 13.1. The lowest BCUT2D eigenvalue weighted by atomic mass is 9.47. The Balaban J connectivity index is 1.68. The molecule has 0 saturated heterocycles. The van der Waals surface area contributed by atoms with Gasteiger partial charge in [-0.15, -0.1) is 0 Å². The van der Waals surface area contributed by atoms with Crippen LogP contribution in [0.2, 0.25) is 0 Å². The number of nitrogens with one attached hydrogen (secondary N) is 1. The van der Waals surface area contributed by atoms with Crippen molar-refractivity contribution in [2.45, 2.75) is 44.9 Å². The minimum absolute atomic E-state index is 0.0805. The van der Waals surface area contributed by atoms with Crippen LogP contribution in [0.4, 0.5) is 0 Å². The summed E-state index contributed by atoms with van der Waals surface area (Å²) < 4.78 is 31.8. The number of nitrogens with zero attached hydrogens (tertiary/aromatic N) is 1. The van der Waals surface area contributed by atoms with Gasteiger partial charge in [0, 0.05) is 12.1 Å². The summed E-state index contributed by atoms with van der Waals surface area (Å²) in [6.07, 6.45) is 4.63. The highest BCUT2D eigenvalue weighted by molar-refractivity contribution is 7.88. The molecule has 3 fully saturated rings. The summed E-state index contributed by atoms with van der Waals surface area (Å²) in [7, 11) is -3.34. The maximum absolute atomic E-state index is 12.1. The molecular formula is C13H20N2O3S. The summed E-state index contributed by atoms with van der Waals surface area (Å²) in [5.74, 6) is 1.14. The highest BCUT2D eigenvalue weighted by Crippen LogP contribution is 2.59. The van der Waals surface area contributed by atoms with E-state index in [1.807, 2.05) is 0 Å². The molecule has 3 unspecified atom stereocenters. The molecule has 19 heavy (non-hydrogen) atoms. The normalized spacial score (nSPS) is 32.8. The quantitative estimate of drug-likeness (QED) is 0.917. The molecule has 1 aromatic heterocycles. The van der Waals surface area contributed by atoms with Gasteiger partial charge < -0.3 is 4.52 Å². The summed E-state index contributed by atoms with van der Waals surface area (Å²) >= 11 is 0. The first-order chi connectivity index (χ1) is 8.88. The Kier molecular flexibility index (Phi) is 2.98. The van der Waals surface area contributed by atoms with E-state index in [9.17, 15) is 8.42 Å². The molecule has 106 valence electrons. The van der Waals surface area contributed by atoms with Crippen molar-refractivity contribution in [2.24, 2.45) is 17.3 Å². The zero-order valence-electron chi connectivity index (χ0n) is 11.3. The molecule has 1 heterocycles. The zero-order valence-corrected chi connectivity index (χ0v) is 12.1. The molecule has 4 rings (SSSR count). The van der Waals surface area contributed by atoms with Crippen molar-refractivity contribution < 1.29 is 12.9 Å². The highest BCUT2D eigenvalue weighted by Gasteiger charge is 2.54. The van der Waals surface area contributed by atoms with E-state index in [4.69, 9.17) is 0 Å². The Morgan fingerprint density at radius 3 is 2.84 bits per heavy atom. The average molecular weight is 284 g/mol. The van der Waals surface area contributed by atoms with E-state index in [1.165, 1.54) is 6.26 Å². The molecule has 1 N–H and O–H groups in total. The van der Waals surface area contributed by atoms with Gasteiger partial charge in [-0.2, -0.15) is 0 Å². The minimum atomic E-state index is -3.34. The number of fused-ring (bicyclic) bond motifs is 2. The second kappa shape index (κ2) is 4.31. The second-order valence-electron chi connectivity index (χ2n) is 6.41. The third-order valence-corrected chi connectivity index (χ3v) is 6.36. The number of sulfonamides is 1. The molecule has 2 bridgehead atoms. The van der Waals surface area contributed by atoms with E-state index in [0.29, 0.717) is 11.6 Å². The lowest BCUT2D eigenvalue weighted by Gasteiger charge is -2.60. The number of rotatable bonds is 4. The third kappa shape index (κ3) is 2.31. The molecule has 3 atom stereocenters. The molecule has 0 amide bonds. The average Bonchev–Trinajstić information content (AvgIpc) is 2.80. The lowest BCUT2D eigenvalue weighted by Crippen LogP contribution is -2.59. The molecule has 3 aliphatic carbocycles. The Labute approximate surface area is 113 Å². The number of hydrogen-bond acceptors (Lipinski definition) is 4. The van der Waals surface area contributed by atoms with E-state index < -0.39 is 10.0 Å². The minimum Gasteiger partial charge on any atom is -0.364 e. The van der Waals surface area contributed by atoms with Crippen LogP contribution < -0.4 is 4.72 Å². The Morgan fingerprint density at radius 2 is 2.26 bits per heavy atom. The van der Waals surface area contributed by atoms with Gasteiger partial charge in [0.25, 0.3) is 0 Å². The third-order valence-electron chi connectivity index (χ3n) is 5.02. The van der Waals surface area contributed by atoms with Gasteiger partial charge in [-0.05, 0) is 36.5 Å². The summed E-state index contributed by atoms with van der Waals surface area (Å²) in [6, 6.07) is 1.67. The van der Waals surface area contributed by atoms with Crippen molar-refractivity contribution in [1.82, 2.24) is 9.88 Å². The molecule has 3 saturated carbocycles. The van der Waals surface area contributed by atoms with Crippen molar-refractivity contribution >= 4 is 10.0 Å². The van der Waals surface area contributed by atoms with Crippen molar-refractivity contribution in [3.8, 4) is 0 Å². The zero-order chi connectivity index (χ0) is 13.7. The van der Waals surface area contributed by atoms with Gasteiger partial charge in [-0.3, -0.25) is 0 Å². The lowest BCUT2D eigenvalue weighted by molar-refractivity contribution is -0.0816. The molecule has 0 aromatic carbocycles. The number of hydrogen-bond donors (Lipinski definition) is 1. The monoisotopic (exact) mass is 284 g/mol. The van der Waals surface area contributed by atoms with Crippen LogP contribution in [0.5, 0.6) is 0 Å². The van der Waals surface area contributed by atoms with Gasteiger partial charge in [0.05, 0.1) is 5.69 Å². The van der Waals surface area contributed by atoms with Gasteiger partial charge in [0.2, 0.25) is 10.0 Å². The Hall–Kier alpha value is -0.880. The molecule has 0 radical (unpaired) electrons. The van der Waals surface area contributed by atoms with Gasteiger partial charge in [-0.25, -0.2) is 13.1 Å². The van der Waals surface area contributed by atoms with Crippen LogP contribution in [0.3, 0.4) is 0 Å². The van der Waals surface area contributed by atoms with Gasteiger partial charge in [-0.1, -0.05) is 19.0 Å². The fraction of sp³-hybridized carbons (Fsp3) is 0.769. The topological polar surface area (TPSA) is 72.2 Å². The molecule has 6 heteroatoms. The smallest absolute Gasteiger partial charge is 0.217 e. The van der Waals surface area contributed by atoms with Crippen LogP contribution in [0.1, 0.15) is 38.8 Å². The molecule has 5 nitrogen and oxygen atoms in total. The van der Waals surface area contributed by atoms with Crippen molar-refractivity contribution in [3.63, 3.8) is 0 Å². The fourth-order valence-corrected chi connectivity index (χ4v) is 5.10. The molecule has 3 aliphatic rings. The summed E-state index contributed by atoms with van der Waals surface area (Å²) in [5, 5.41) is 3.66. The highest BCUT2D eigenvalue weighted by atomic mass is 32.2. The van der Waals surface area contributed by atoms with E-state index in [0.717, 1.165) is 25.2 Å². The molecule has 0 aliphatic heterocycles. The van der Waals surface area contributed by atoms with Crippen molar-refractivity contribution in [1.29, 1.82) is 0 Å². The summed E-state index contributed by atoms with van der Waals surface area (Å²) in [4.78, 5) is 0. The SMILES string of the molecule is CC1(C)C2CCC(NS(=O)(=O)Cc3ccon3)C1C2. The second-order valence-corrected chi connectivity index (χ2v) is 8.17. The number of aromatic nitrogens is 1. The van der Waals surface area contributed by atoms with E-state index in [1.54, 1.807) is 6.07 Å². The molecular weight excluding hydrogens is 264 g/mol. The summed E-state index contributed by atoms with van der Waals surface area (Å²) in [6.45, 7) is 4.51. The van der Waals surface area contributed by atoms with Crippen LogP contribution in [0, 0.1) is 17.3 Å². The van der Waals surface area contributed by atoms with Crippen LogP contribution in [0.15, 0.2) is 16.9 Å². The standard InChI is InChI=1S/C13H20N2O3S/c1-13(2)9-3-4-12(11(13)7-9)15-19(16,17)8-10-5-6-18-14-10/h5-6,9,11-12,15H,3-4,7-8H2,1-2H3. The van der Waals surface area contributed by atoms with Gasteiger partial charge in [0.15, 0.2) is 0 Å². The predicted molar refractivity (Wildman–Crippen MR) is 70.7 cm³/mol. The maximum atomic E-state index is 12.1. The van der Waals surface area contributed by atoms with Crippen LogP contribution >= 0.6 is 0 Å². The summed E-state index contributed by atoms with van der Waals surface area (Å²) in [5.41, 5.74) is 0.730. The van der Waals surface area contributed by atoms with Crippen molar-refractivity contribution in [3.05, 3.63) is 18.0 Å². The fourth-order valence-electron chi connectivity index (χ4n) is 3.73.